The summed E-state index contributed by atoms with van der Waals surface area (Å²) in [6.07, 6.45) is 1.58. The van der Waals surface area contributed by atoms with Gasteiger partial charge in [0, 0.05) is 5.69 Å². The highest BCUT2D eigenvalue weighted by Crippen LogP contribution is 2.28. The summed E-state index contributed by atoms with van der Waals surface area (Å²) in [6.45, 7) is 4.05. The van der Waals surface area contributed by atoms with Crippen LogP contribution >= 0.6 is 0 Å². The Morgan fingerprint density at radius 2 is 1.88 bits per heavy atom. The SMILES string of the molecule is CCc1cc(N)cc2ccc(F)c(CC)c12. The van der Waals surface area contributed by atoms with Gasteiger partial charge in [-0.15, -0.1) is 0 Å². The molecule has 1 nitrogen and oxygen atoms in total. The van der Waals surface area contributed by atoms with Crippen molar-refractivity contribution < 1.29 is 4.39 Å². The van der Waals surface area contributed by atoms with Gasteiger partial charge in [-0.2, -0.15) is 0 Å². The largest absolute Gasteiger partial charge is 0.399 e. The molecule has 16 heavy (non-hydrogen) atoms. The first-order chi connectivity index (χ1) is 7.67. The van der Waals surface area contributed by atoms with Crippen molar-refractivity contribution in [2.24, 2.45) is 0 Å². The van der Waals surface area contributed by atoms with Crippen LogP contribution in [-0.4, -0.2) is 0 Å². The molecule has 2 N–H and O–H groups in total. The molecule has 2 rings (SSSR count). The molecule has 0 saturated carbocycles. The molecule has 0 atom stereocenters. The quantitative estimate of drug-likeness (QED) is 0.763. The summed E-state index contributed by atoms with van der Waals surface area (Å²) >= 11 is 0. The van der Waals surface area contributed by atoms with Gasteiger partial charge < -0.3 is 5.73 Å². The van der Waals surface area contributed by atoms with E-state index in [0.29, 0.717) is 6.42 Å². The van der Waals surface area contributed by atoms with Crippen molar-refractivity contribution in [1.29, 1.82) is 0 Å². The van der Waals surface area contributed by atoms with E-state index in [1.165, 1.54) is 6.07 Å². The van der Waals surface area contributed by atoms with Crippen LogP contribution in [0.15, 0.2) is 24.3 Å². The highest BCUT2D eigenvalue weighted by atomic mass is 19.1. The van der Waals surface area contributed by atoms with Crippen molar-refractivity contribution in [1.82, 2.24) is 0 Å². The predicted octanol–water partition coefficient (Wildman–Crippen LogP) is 3.69. The average Bonchev–Trinajstić information content (AvgIpc) is 2.28. The number of nitrogen functional groups attached to an aromatic ring is 1. The number of rotatable bonds is 2. The summed E-state index contributed by atoms with van der Waals surface area (Å²) in [7, 11) is 0. The molecule has 0 fully saturated rings. The van der Waals surface area contributed by atoms with E-state index in [9.17, 15) is 4.39 Å². The second-order valence-electron chi connectivity index (χ2n) is 4.01. The van der Waals surface area contributed by atoms with Crippen molar-refractivity contribution in [3.8, 4) is 0 Å². The van der Waals surface area contributed by atoms with Gasteiger partial charge >= 0.3 is 0 Å². The second-order valence-corrected chi connectivity index (χ2v) is 4.01. The molecule has 0 unspecified atom stereocenters. The van der Waals surface area contributed by atoms with E-state index in [1.54, 1.807) is 6.07 Å². The van der Waals surface area contributed by atoms with Crippen LogP contribution in [0.5, 0.6) is 0 Å². The van der Waals surface area contributed by atoms with Crippen LogP contribution in [0.1, 0.15) is 25.0 Å². The molecule has 0 aliphatic heterocycles. The summed E-state index contributed by atoms with van der Waals surface area (Å²) < 4.78 is 13.7. The van der Waals surface area contributed by atoms with Gasteiger partial charge in [0.25, 0.3) is 0 Å². The van der Waals surface area contributed by atoms with Crippen LogP contribution in [0.2, 0.25) is 0 Å². The third-order valence-electron chi connectivity index (χ3n) is 3.01. The Morgan fingerprint density at radius 3 is 2.50 bits per heavy atom. The maximum absolute atomic E-state index is 13.7. The van der Waals surface area contributed by atoms with Gasteiger partial charge in [-0.3, -0.25) is 0 Å². The summed E-state index contributed by atoms with van der Waals surface area (Å²) in [5.41, 5.74) is 8.52. The minimum Gasteiger partial charge on any atom is -0.399 e. The number of hydrogen-bond donors (Lipinski definition) is 1. The highest BCUT2D eigenvalue weighted by Gasteiger charge is 2.09. The minimum atomic E-state index is -0.116. The molecule has 0 saturated heterocycles. The third-order valence-corrected chi connectivity index (χ3v) is 3.01. The molecule has 2 aromatic carbocycles. The van der Waals surface area contributed by atoms with Gasteiger partial charge in [-0.1, -0.05) is 19.9 Å². The average molecular weight is 217 g/mol. The monoisotopic (exact) mass is 217 g/mol. The van der Waals surface area contributed by atoms with Gasteiger partial charge in [0.05, 0.1) is 0 Å². The van der Waals surface area contributed by atoms with E-state index < -0.39 is 0 Å². The number of aryl methyl sites for hydroxylation is 2. The fourth-order valence-electron chi connectivity index (χ4n) is 2.26. The number of fused-ring (bicyclic) bond motifs is 1. The maximum Gasteiger partial charge on any atom is 0.127 e. The molecule has 0 aliphatic rings. The topological polar surface area (TPSA) is 26.0 Å². The Labute approximate surface area is 95.1 Å². The van der Waals surface area contributed by atoms with Crippen molar-refractivity contribution in [2.75, 3.05) is 5.73 Å². The zero-order valence-corrected chi connectivity index (χ0v) is 9.68. The maximum atomic E-state index is 13.7. The van der Waals surface area contributed by atoms with Crippen molar-refractivity contribution in [2.45, 2.75) is 26.7 Å². The van der Waals surface area contributed by atoms with Gasteiger partial charge in [0.15, 0.2) is 0 Å². The molecule has 0 aliphatic carbocycles. The Morgan fingerprint density at radius 1 is 1.12 bits per heavy atom. The van der Waals surface area contributed by atoms with Crippen LogP contribution in [0.4, 0.5) is 10.1 Å². The lowest BCUT2D eigenvalue weighted by molar-refractivity contribution is 0.615. The third kappa shape index (κ3) is 1.64. The summed E-state index contributed by atoms with van der Waals surface area (Å²) in [6, 6.07) is 7.19. The molecule has 0 aromatic heterocycles. The minimum absolute atomic E-state index is 0.116. The van der Waals surface area contributed by atoms with Gasteiger partial charge in [0.1, 0.15) is 5.82 Å². The van der Waals surface area contributed by atoms with E-state index in [-0.39, 0.29) is 5.82 Å². The van der Waals surface area contributed by atoms with Crippen molar-refractivity contribution in [3.63, 3.8) is 0 Å². The standard InChI is InChI=1S/C14H16FN/c1-3-9-7-11(16)8-10-5-6-13(15)12(4-2)14(9)10/h5-8H,3-4,16H2,1-2H3. The molecule has 0 heterocycles. The molecule has 0 radical (unpaired) electrons. The first-order valence-electron chi connectivity index (χ1n) is 5.66. The zero-order valence-electron chi connectivity index (χ0n) is 9.68. The van der Waals surface area contributed by atoms with E-state index >= 15 is 0 Å². The number of hydrogen-bond acceptors (Lipinski definition) is 1. The van der Waals surface area contributed by atoms with Crippen LogP contribution < -0.4 is 5.73 Å². The fourth-order valence-corrected chi connectivity index (χ4v) is 2.26. The molecule has 0 spiro atoms. The Balaban J connectivity index is 2.89. The fraction of sp³-hybridized carbons (Fsp3) is 0.286. The summed E-state index contributed by atoms with van der Waals surface area (Å²) in [4.78, 5) is 0. The normalized spacial score (nSPS) is 10.9. The molecule has 84 valence electrons. The van der Waals surface area contributed by atoms with E-state index in [1.807, 2.05) is 19.1 Å². The number of halogens is 1. The second kappa shape index (κ2) is 4.12. The molecule has 2 heteroatoms. The lowest BCUT2D eigenvalue weighted by Gasteiger charge is -2.11. The predicted molar refractivity (Wildman–Crippen MR) is 67.1 cm³/mol. The first-order valence-corrected chi connectivity index (χ1v) is 5.66. The Hall–Kier alpha value is -1.57. The molecule has 0 bridgehead atoms. The lowest BCUT2D eigenvalue weighted by Crippen LogP contribution is -1.96. The number of benzene rings is 2. The molecule has 2 aromatic rings. The summed E-state index contributed by atoms with van der Waals surface area (Å²) in [5.74, 6) is -0.116. The van der Waals surface area contributed by atoms with Crippen LogP contribution in [0.3, 0.4) is 0 Å². The Kier molecular flexibility index (Phi) is 2.82. The van der Waals surface area contributed by atoms with Gasteiger partial charge in [-0.25, -0.2) is 4.39 Å². The van der Waals surface area contributed by atoms with Crippen molar-refractivity contribution in [3.05, 3.63) is 41.2 Å². The lowest BCUT2D eigenvalue weighted by atomic mass is 9.95. The molecule has 0 amide bonds. The summed E-state index contributed by atoms with van der Waals surface area (Å²) in [5, 5.41) is 2.08. The van der Waals surface area contributed by atoms with Crippen LogP contribution in [-0.2, 0) is 12.8 Å². The highest BCUT2D eigenvalue weighted by molar-refractivity contribution is 5.91. The van der Waals surface area contributed by atoms with Crippen molar-refractivity contribution >= 4 is 16.5 Å². The molecular formula is C14H16FN. The van der Waals surface area contributed by atoms with Crippen LogP contribution in [0.25, 0.3) is 10.8 Å². The number of anilines is 1. The van der Waals surface area contributed by atoms with Gasteiger partial charge in [0.2, 0.25) is 0 Å². The smallest absolute Gasteiger partial charge is 0.127 e. The van der Waals surface area contributed by atoms with Crippen LogP contribution in [0, 0.1) is 5.82 Å². The van der Waals surface area contributed by atoms with E-state index in [2.05, 4.69) is 6.92 Å². The molecular weight excluding hydrogens is 201 g/mol. The van der Waals surface area contributed by atoms with E-state index in [4.69, 9.17) is 5.73 Å². The zero-order chi connectivity index (χ0) is 11.7. The van der Waals surface area contributed by atoms with Gasteiger partial charge in [-0.05, 0) is 52.9 Å². The number of nitrogens with two attached hydrogens (primary N) is 1. The van der Waals surface area contributed by atoms with E-state index in [0.717, 1.165) is 34.0 Å². The first kappa shape index (κ1) is 10.9. The Bertz CT molecular complexity index is 532.